The molecule has 0 spiro atoms. The highest BCUT2D eigenvalue weighted by Crippen LogP contribution is 2.38. The van der Waals surface area contributed by atoms with E-state index in [1.807, 2.05) is 0 Å². The van der Waals surface area contributed by atoms with Gasteiger partial charge in [-0.1, -0.05) is 65.9 Å². The quantitative estimate of drug-likeness (QED) is 0.295. The first-order valence-corrected chi connectivity index (χ1v) is 11.1. The summed E-state index contributed by atoms with van der Waals surface area (Å²) in [6.45, 7) is 0.0450. The average molecular weight is 486 g/mol. The Balaban J connectivity index is 1.58. The molecule has 0 saturated carbocycles. The fourth-order valence-electron chi connectivity index (χ4n) is 3.12. The Bertz CT molecular complexity index is 1230. The maximum atomic E-state index is 13.9. The smallest absolute Gasteiger partial charge is 0.270 e. The summed E-state index contributed by atoms with van der Waals surface area (Å²) in [7, 11) is 1.53. The van der Waals surface area contributed by atoms with Crippen molar-refractivity contribution in [1.82, 2.24) is 0 Å². The van der Waals surface area contributed by atoms with Gasteiger partial charge in [-0.15, -0.1) is 0 Å². The highest BCUT2D eigenvalue weighted by molar-refractivity contribution is 8.27. The van der Waals surface area contributed by atoms with E-state index in [2.05, 4.69) is 0 Å². The van der Waals surface area contributed by atoms with Crippen LogP contribution in [0.25, 0.3) is 6.08 Å². The second-order valence-corrected chi connectivity index (χ2v) is 8.90. The van der Waals surface area contributed by atoms with Crippen molar-refractivity contribution in [3.63, 3.8) is 0 Å². The molecule has 32 heavy (non-hydrogen) atoms. The molecule has 0 unspecified atom stereocenters. The van der Waals surface area contributed by atoms with Crippen LogP contribution in [-0.4, -0.2) is 17.3 Å². The van der Waals surface area contributed by atoms with Gasteiger partial charge in [-0.2, -0.15) is 0 Å². The van der Waals surface area contributed by atoms with Crippen LogP contribution in [0, 0.1) is 5.82 Å². The van der Waals surface area contributed by atoms with Crippen LogP contribution in [0.1, 0.15) is 11.1 Å². The van der Waals surface area contributed by atoms with E-state index >= 15 is 0 Å². The van der Waals surface area contributed by atoms with Gasteiger partial charge in [-0.3, -0.25) is 9.69 Å². The molecule has 4 nitrogen and oxygen atoms in total. The molecule has 4 rings (SSSR count). The second-order valence-electron chi connectivity index (χ2n) is 6.79. The lowest BCUT2D eigenvalue weighted by atomic mass is 10.1. The molecule has 0 atom stereocenters. The minimum absolute atomic E-state index is 0.0450. The Hall–Kier alpha value is -2.87. The molecule has 0 N–H and O–H groups in total. The van der Waals surface area contributed by atoms with Gasteiger partial charge in [0.25, 0.3) is 5.91 Å². The number of halogens is 2. The molecular weight excluding hydrogens is 469 g/mol. The van der Waals surface area contributed by atoms with Gasteiger partial charge in [-0.05, 0) is 48.0 Å². The first-order chi connectivity index (χ1) is 15.5. The Kier molecular flexibility index (Phi) is 6.79. The van der Waals surface area contributed by atoms with Crippen LogP contribution in [0.2, 0.25) is 5.02 Å². The maximum absolute atomic E-state index is 13.9. The number of nitrogens with zero attached hydrogens (tertiary/aromatic N) is 1. The molecule has 1 aliphatic rings. The molecule has 1 amide bonds. The summed E-state index contributed by atoms with van der Waals surface area (Å²) in [5, 5.41) is 0.521. The first kappa shape index (κ1) is 22.3. The van der Waals surface area contributed by atoms with Crippen LogP contribution in [0.3, 0.4) is 0 Å². The number of benzene rings is 3. The number of hydrogen-bond acceptors (Lipinski definition) is 5. The number of methoxy groups -OCH3 is 1. The zero-order chi connectivity index (χ0) is 22.7. The Morgan fingerprint density at radius 3 is 2.66 bits per heavy atom. The zero-order valence-electron chi connectivity index (χ0n) is 16.9. The number of carbonyl (C=O) groups excluding carboxylic acids is 1. The number of amides is 1. The second kappa shape index (κ2) is 9.73. The number of carbonyl (C=O) groups is 1. The van der Waals surface area contributed by atoms with Gasteiger partial charge >= 0.3 is 0 Å². The van der Waals surface area contributed by atoms with E-state index in [9.17, 15) is 9.18 Å². The normalized spacial score (nSPS) is 14.8. The standard InChI is InChI=1S/C24H17ClFNO3S2/c1-29-20-10-9-15(11-21(20)30-14-16-5-2-3-8-19(16)26)12-22-23(28)27(24(31)32-22)18-7-4-6-17(25)13-18/h2-13H,14H2,1H3/b22-12+. The van der Waals surface area contributed by atoms with Crippen LogP contribution in [0.4, 0.5) is 10.1 Å². The molecule has 1 heterocycles. The molecule has 1 saturated heterocycles. The minimum Gasteiger partial charge on any atom is -0.493 e. The lowest BCUT2D eigenvalue weighted by Crippen LogP contribution is -2.27. The fraction of sp³-hybridized carbons (Fsp3) is 0.0833. The molecule has 0 bridgehead atoms. The predicted octanol–water partition coefficient (Wildman–Crippen LogP) is 6.47. The van der Waals surface area contributed by atoms with Crippen molar-refractivity contribution in [3.05, 3.63) is 93.6 Å². The van der Waals surface area contributed by atoms with Crippen molar-refractivity contribution < 1.29 is 18.7 Å². The highest BCUT2D eigenvalue weighted by atomic mass is 35.5. The number of thiocarbonyl (C=S) groups is 1. The Labute approximate surface area is 199 Å². The number of anilines is 1. The molecule has 1 fully saturated rings. The van der Waals surface area contributed by atoms with Gasteiger partial charge in [0.15, 0.2) is 15.8 Å². The lowest BCUT2D eigenvalue weighted by molar-refractivity contribution is -0.113. The Morgan fingerprint density at radius 1 is 1.09 bits per heavy atom. The van der Waals surface area contributed by atoms with Crippen LogP contribution < -0.4 is 14.4 Å². The van der Waals surface area contributed by atoms with E-state index < -0.39 is 0 Å². The maximum Gasteiger partial charge on any atom is 0.270 e. The predicted molar refractivity (Wildman–Crippen MR) is 131 cm³/mol. The van der Waals surface area contributed by atoms with Crippen molar-refractivity contribution in [1.29, 1.82) is 0 Å². The summed E-state index contributed by atoms with van der Waals surface area (Å²) in [6.07, 6.45) is 1.74. The first-order valence-electron chi connectivity index (χ1n) is 9.54. The van der Waals surface area contributed by atoms with Crippen LogP contribution in [0.5, 0.6) is 11.5 Å². The third kappa shape index (κ3) is 4.80. The number of rotatable bonds is 6. The van der Waals surface area contributed by atoms with E-state index in [-0.39, 0.29) is 18.3 Å². The van der Waals surface area contributed by atoms with E-state index in [0.29, 0.717) is 37.0 Å². The molecule has 0 aliphatic carbocycles. The van der Waals surface area contributed by atoms with Gasteiger partial charge < -0.3 is 9.47 Å². The van der Waals surface area contributed by atoms with Gasteiger partial charge in [0.1, 0.15) is 12.4 Å². The molecule has 162 valence electrons. The monoisotopic (exact) mass is 485 g/mol. The lowest BCUT2D eigenvalue weighted by Gasteiger charge is -2.14. The fourth-order valence-corrected chi connectivity index (χ4v) is 4.61. The summed E-state index contributed by atoms with van der Waals surface area (Å²) >= 11 is 12.7. The zero-order valence-corrected chi connectivity index (χ0v) is 19.3. The Morgan fingerprint density at radius 2 is 1.91 bits per heavy atom. The van der Waals surface area contributed by atoms with E-state index in [1.165, 1.54) is 29.8 Å². The summed E-state index contributed by atoms with van der Waals surface area (Å²) in [6, 6.07) is 18.7. The van der Waals surface area contributed by atoms with Gasteiger partial charge in [0.2, 0.25) is 0 Å². The molecule has 0 aromatic heterocycles. The van der Waals surface area contributed by atoms with Crippen molar-refractivity contribution in [3.8, 4) is 11.5 Å². The summed E-state index contributed by atoms with van der Waals surface area (Å²) in [5.41, 5.74) is 1.77. The topological polar surface area (TPSA) is 38.8 Å². The third-order valence-corrected chi connectivity index (χ3v) is 6.22. The van der Waals surface area contributed by atoms with Crippen LogP contribution in [0.15, 0.2) is 71.6 Å². The summed E-state index contributed by atoms with van der Waals surface area (Å²) in [4.78, 5) is 14.9. The van der Waals surface area contributed by atoms with E-state index in [1.54, 1.807) is 66.7 Å². The average Bonchev–Trinajstić information content (AvgIpc) is 3.06. The highest BCUT2D eigenvalue weighted by Gasteiger charge is 2.33. The number of thioether (sulfide) groups is 1. The van der Waals surface area contributed by atoms with Gasteiger partial charge in [0, 0.05) is 10.6 Å². The molecular formula is C24H17ClFNO3S2. The number of hydrogen-bond donors (Lipinski definition) is 0. The van der Waals surface area contributed by atoms with Crippen molar-refractivity contribution in [2.45, 2.75) is 6.61 Å². The largest absolute Gasteiger partial charge is 0.493 e. The van der Waals surface area contributed by atoms with Crippen molar-refractivity contribution in [2.75, 3.05) is 12.0 Å². The molecule has 3 aromatic carbocycles. The van der Waals surface area contributed by atoms with E-state index in [4.69, 9.17) is 33.3 Å². The molecule has 1 aliphatic heterocycles. The van der Waals surface area contributed by atoms with Gasteiger partial charge in [-0.25, -0.2) is 4.39 Å². The van der Waals surface area contributed by atoms with Crippen LogP contribution in [-0.2, 0) is 11.4 Å². The summed E-state index contributed by atoms with van der Waals surface area (Å²) < 4.78 is 25.5. The minimum atomic E-state index is -0.340. The summed E-state index contributed by atoms with van der Waals surface area (Å²) in [5.74, 6) is 0.374. The molecule has 8 heteroatoms. The molecule has 3 aromatic rings. The van der Waals surface area contributed by atoms with Crippen LogP contribution >= 0.6 is 35.6 Å². The van der Waals surface area contributed by atoms with E-state index in [0.717, 1.165) is 5.56 Å². The SMILES string of the molecule is COc1ccc(/C=C2/SC(=S)N(c3cccc(Cl)c3)C2=O)cc1OCc1ccccc1F. The van der Waals surface area contributed by atoms with Crippen molar-refractivity contribution in [2.24, 2.45) is 0 Å². The number of ether oxygens (including phenoxy) is 2. The van der Waals surface area contributed by atoms with Crippen molar-refractivity contribution >= 4 is 57.6 Å². The molecule has 0 radical (unpaired) electrons. The van der Waals surface area contributed by atoms with Gasteiger partial charge in [0.05, 0.1) is 17.7 Å². The third-order valence-electron chi connectivity index (χ3n) is 4.69.